The number of unbranched alkanes of at least 4 members (excludes halogenated alkanes) is 4. The van der Waals surface area contributed by atoms with Gasteiger partial charge in [-0.2, -0.15) is 0 Å². The van der Waals surface area contributed by atoms with Crippen molar-refractivity contribution in [2.45, 2.75) is 77.6 Å². The van der Waals surface area contributed by atoms with E-state index in [2.05, 4.69) is 19.6 Å². The van der Waals surface area contributed by atoms with Crippen LogP contribution in [0.4, 0.5) is 0 Å². The lowest BCUT2D eigenvalue weighted by Gasteiger charge is -2.28. The highest BCUT2D eigenvalue weighted by Crippen LogP contribution is 2.34. The van der Waals surface area contributed by atoms with Crippen molar-refractivity contribution in [2.24, 2.45) is 11.8 Å². The molecule has 0 amide bonds. The molecule has 1 saturated carbocycles. The van der Waals surface area contributed by atoms with E-state index in [-0.39, 0.29) is 11.0 Å². The Kier molecular flexibility index (Phi) is 8.00. The smallest absolute Gasteiger partial charge is 0.189 e. The zero-order chi connectivity index (χ0) is 12.5. The summed E-state index contributed by atoms with van der Waals surface area (Å²) in [6.45, 7) is 2.24. The quantitative estimate of drug-likeness (QED) is 0.478. The minimum Gasteiger partial charge on any atom is -0.287 e. The third kappa shape index (κ3) is 5.94. The molecule has 0 aliphatic heterocycles. The fourth-order valence-corrected chi connectivity index (χ4v) is 3.41. The Morgan fingerprint density at radius 2 is 1.76 bits per heavy atom. The molecular formula is C15H28OS. The van der Waals surface area contributed by atoms with Crippen LogP contribution in [0.5, 0.6) is 0 Å². The van der Waals surface area contributed by atoms with E-state index in [0.29, 0.717) is 5.92 Å². The minimum atomic E-state index is 0.146. The van der Waals surface area contributed by atoms with Gasteiger partial charge in [0.1, 0.15) is 0 Å². The minimum absolute atomic E-state index is 0.146. The fourth-order valence-electron chi connectivity index (χ4n) is 3.07. The second-order valence-electron chi connectivity index (χ2n) is 5.55. The monoisotopic (exact) mass is 256 g/mol. The Hall–Kier alpha value is 0.0200. The first-order valence-corrected chi connectivity index (χ1v) is 7.93. The average Bonchev–Trinajstić information content (AvgIpc) is 2.34. The lowest BCUT2D eigenvalue weighted by atomic mass is 9.78. The van der Waals surface area contributed by atoms with Gasteiger partial charge in [-0.3, -0.25) is 4.79 Å². The van der Waals surface area contributed by atoms with Crippen LogP contribution in [0.1, 0.15) is 77.6 Å². The molecule has 17 heavy (non-hydrogen) atoms. The van der Waals surface area contributed by atoms with Gasteiger partial charge in [-0.1, -0.05) is 58.3 Å². The van der Waals surface area contributed by atoms with Crippen LogP contribution in [0.2, 0.25) is 0 Å². The first-order valence-electron chi connectivity index (χ1n) is 7.48. The lowest BCUT2D eigenvalue weighted by Crippen LogP contribution is -2.23. The molecule has 0 aromatic rings. The largest absolute Gasteiger partial charge is 0.287 e. The van der Waals surface area contributed by atoms with E-state index in [1.807, 2.05) is 0 Å². The standard InChI is InChI=1S/C15H28OS/c1-2-3-4-5-9-12-14(15(16)17)13-10-7-6-8-11-13/h13-14H,2-12H2,1H3,(H,16,17). The predicted molar refractivity (Wildman–Crippen MR) is 77.4 cm³/mol. The second kappa shape index (κ2) is 9.02. The van der Waals surface area contributed by atoms with Gasteiger partial charge in [0.15, 0.2) is 5.12 Å². The van der Waals surface area contributed by atoms with Gasteiger partial charge in [0.2, 0.25) is 0 Å². The molecule has 1 aliphatic carbocycles. The van der Waals surface area contributed by atoms with Crippen molar-refractivity contribution in [1.82, 2.24) is 0 Å². The van der Waals surface area contributed by atoms with Crippen LogP contribution < -0.4 is 0 Å². The topological polar surface area (TPSA) is 17.1 Å². The molecule has 0 radical (unpaired) electrons. The summed E-state index contributed by atoms with van der Waals surface area (Å²) in [6, 6.07) is 0. The van der Waals surface area contributed by atoms with Crippen molar-refractivity contribution < 1.29 is 4.79 Å². The molecule has 0 aromatic carbocycles. The fraction of sp³-hybridized carbons (Fsp3) is 0.933. The number of carbonyl (C=O) groups excluding carboxylic acids is 1. The molecule has 1 unspecified atom stereocenters. The van der Waals surface area contributed by atoms with Crippen LogP contribution in [0.25, 0.3) is 0 Å². The summed E-state index contributed by atoms with van der Waals surface area (Å²) in [5.41, 5.74) is 0. The Balaban J connectivity index is 2.25. The maximum absolute atomic E-state index is 11.6. The third-order valence-electron chi connectivity index (χ3n) is 4.15. The highest BCUT2D eigenvalue weighted by molar-refractivity contribution is 7.96. The first-order chi connectivity index (χ1) is 8.25. The molecule has 0 bridgehead atoms. The van der Waals surface area contributed by atoms with E-state index in [9.17, 15) is 4.79 Å². The number of rotatable bonds is 8. The summed E-state index contributed by atoms with van der Waals surface area (Å²) in [6.07, 6.45) is 14.0. The van der Waals surface area contributed by atoms with Crippen molar-refractivity contribution in [3.05, 3.63) is 0 Å². The lowest BCUT2D eigenvalue weighted by molar-refractivity contribution is -0.116. The van der Waals surface area contributed by atoms with Gasteiger partial charge in [-0.05, 0) is 25.2 Å². The van der Waals surface area contributed by atoms with E-state index in [1.165, 1.54) is 64.2 Å². The van der Waals surface area contributed by atoms with Crippen molar-refractivity contribution in [2.75, 3.05) is 0 Å². The van der Waals surface area contributed by atoms with Gasteiger partial charge in [0.25, 0.3) is 0 Å². The molecule has 0 saturated heterocycles. The van der Waals surface area contributed by atoms with Gasteiger partial charge in [-0.15, -0.1) is 12.6 Å². The molecule has 0 spiro atoms. The van der Waals surface area contributed by atoms with Crippen molar-refractivity contribution >= 4 is 17.7 Å². The Labute approximate surface area is 112 Å². The summed E-state index contributed by atoms with van der Waals surface area (Å²) in [5.74, 6) is 0.889. The van der Waals surface area contributed by atoms with Crippen LogP contribution in [-0.2, 0) is 4.79 Å². The van der Waals surface area contributed by atoms with E-state index in [0.717, 1.165) is 6.42 Å². The van der Waals surface area contributed by atoms with Crippen LogP contribution in [0.3, 0.4) is 0 Å². The number of hydrogen-bond acceptors (Lipinski definition) is 1. The molecule has 1 fully saturated rings. The molecule has 2 heteroatoms. The zero-order valence-corrected chi connectivity index (χ0v) is 12.2. The molecule has 0 heterocycles. The second-order valence-corrected chi connectivity index (χ2v) is 5.99. The van der Waals surface area contributed by atoms with Crippen LogP contribution >= 0.6 is 12.6 Å². The summed E-state index contributed by atoms with van der Waals surface area (Å²) >= 11 is 4.11. The summed E-state index contributed by atoms with van der Waals surface area (Å²) in [5, 5.41) is 0.146. The maximum Gasteiger partial charge on any atom is 0.189 e. The predicted octanol–water partition coefficient (Wildman–Crippen LogP) is 5.00. The average molecular weight is 256 g/mol. The van der Waals surface area contributed by atoms with E-state index < -0.39 is 0 Å². The van der Waals surface area contributed by atoms with Crippen LogP contribution in [0.15, 0.2) is 0 Å². The van der Waals surface area contributed by atoms with Gasteiger partial charge in [-0.25, -0.2) is 0 Å². The highest BCUT2D eigenvalue weighted by atomic mass is 32.1. The molecule has 1 atom stereocenters. The zero-order valence-electron chi connectivity index (χ0n) is 11.3. The highest BCUT2D eigenvalue weighted by Gasteiger charge is 2.26. The Bertz CT molecular complexity index is 209. The van der Waals surface area contributed by atoms with Gasteiger partial charge >= 0.3 is 0 Å². The molecular weight excluding hydrogens is 228 g/mol. The van der Waals surface area contributed by atoms with Gasteiger partial charge in [0, 0.05) is 5.92 Å². The van der Waals surface area contributed by atoms with Crippen molar-refractivity contribution in [3.63, 3.8) is 0 Å². The molecule has 0 aromatic heterocycles. The number of thiol groups is 1. The van der Waals surface area contributed by atoms with E-state index in [1.54, 1.807) is 0 Å². The molecule has 1 nitrogen and oxygen atoms in total. The van der Waals surface area contributed by atoms with E-state index >= 15 is 0 Å². The van der Waals surface area contributed by atoms with Crippen molar-refractivity contribution in [1.29, 1.82) is 0 Å². The van der Waals surface area contributed by atoms with Crippen LogP contribution in [0, 0.1) is 11.8 Å². The molecule has 100 valence electrons. The van der Waals surface area contributed by atoms with Gasteiger partial charge < -0.3 is 0 Å². The van der Waals surface area contributed by atoms with E-state index in [4.69, 9.17) is 0 Å². The first kappa shape index (κ1) is 15.1. The molecule has 1 aliphatic rings. The SMILES string of the molecule is CCCCCCCC(C(=O)S)C1CCCCC1. The normalized spacial score (nSPS) is 19.2. The Morgan fingerprint density at radius 3 is 2.35 bits per heavy atom. The van der Waals surface area contributed by atoms with Crippen LogP contribution in [-0.4, -0.2) is 5.12 Å². The number of carbonyl (C=O) groups is 1. The third-order valence-corrected chi connectivity index (χ3v) is 4.49. The Morgan fingerprint density at radius 1 is 1.12 bits per heavy atom. The number of hydrogen-bond donors (Lipinski definition) is 1. The summed E-state index contributed by atoms with van der Waals surface area (Å²) in [7, 11) is 0. The van der Waals surface area contributed by atoms with Crippen molar-refractivity contribution in [3.8, 4) is 0 Å². The van der Waals surface area contributed by atoms with Gasteiger partial charge in [0.05, 0.1) is 0 Å². The molecule has 1 rings (SSSR count). The molecule has 0 N–H and O–H groups in total. The summed E-state index contributed by atoms with van der Waals surface area (Å²) < 4.78 is 0. The maximum atomic E-state index is 11.6. The summed E-state index contributed by atoms with van der Waals surface area (Å²) in [4.78, 5) is 11.6.